The van der Waals surface area contributed by atoms with E-state index in [1.165, 1.54) is 41.3 Å². The normalized spacial score (nSPS) is 19.6. The summed E-state index contributed by atoms with van der Waals surface area (Å²) in [5.41, 5.74) is 0.0345. The van der Waals surface area contributed by atoms with Gasteiger partial charge in [-0.15, -0.1) is 0 Å². The zero-order chi connectivity index (χ0) is 18.2. The maximum absolute atomic E-state index is 13.2. The fraction of sp³-hybridized carbons (Fsp3) is 0.316. The number of halogens is 4. The summed E-state index contributed by atoms with van der Waals surface area (Å²) in [6.45, 7) is 2.15. The number of rotatable bonds is 4. The van der Waals surface area contributed by atoms with Gasteiger partial charge in [0.05, 0.1) is 5.56 Å². The molecule has 0 aliphatic heterocycles. The molecule has 25 heavy (non-hydrogen) atoms. The predicted molar refractivity (Wildman–Crippen MR) is 86.7 cm³/mol. The number of alkyl halides is 3. The Morgan fingerprint density at radius 3 is 2.36 bits per heavy atom. The van der Waals surface area contributed by atoms with Crippen molar-refractivity contribution in [2.45, 2.75) is 25.4 Å². The molecular weight excluding hydrogens is 334 g/mol. The van der Waals surface area contributed by atoms with Crippen LogP contribution >= 0.6 is 0 Å². The van der Waals surface area contributed by atoms with Gasteiger partial charge in [0.2, 0.25) is 5.91 Å². The molecule has 2 aromatic carbocycles. The number of nitrogens with zero attached hydrogens (tertiary/aromatic N) is 1. The van der Waals surface area contributed by atoms with Crippen molar-refractivity contribution in [1.29, 1.82) is 0 Å². The van der Waals surface area contributed by atoms with Crippen LogP contribution in [0, 0.1) is 11.7 Å². The minimum Gasteiger partial charge on any atom is -0.312 e. The van der Waals surface area contributed by atoms with E-state index in [-0.39, 0.29) is 11.5 Å². The molecule has 1 aliphatic rings. The Kier molecular flexibility index (Phi) is 4.54. The van der Waals surface area contributed by atoms with Crippen molar-refractivity contribution < 1.29 is 22.4 Å². The summed E-state index contributed by atoms with van der Waals surface area (Å²) in [7, 11) is 0. The second kappa shape index (κ2) is 6.50. The molecule has 2 atom stereocenters. The highest BCUT2D eigenvalue weighted by Crippen LogP contribution is 2.52. The van der Waals surface area contributed by atoms with Gasteiger partial charge in [0.1, 0.15) is 5.82 Å². The summed E-state index contributed by atoms with van der Waals surface area (Å²) < 4.78 is 52.5. The molecule has 132 valence electrons. The van der Waals surface area contributed by atoms with Crippen LogP contribution in [-0.4, -0.2) is 12.5 Å². The second-order valence-corrected chi connectivity index (χ2v) is 6.09. The van der Waals surface area contributed by atoms with Crippen LogP contribution in [0.5, 0.6) is 0 Å². The molecule has 2 aromatic rings. The summed E-state index contributed by atoms with van der Waals surface area (Å²) in [6, 6.07) is 10.9. The molecule has 2 unspecified atom stereocenters. The van der Waals surface area contributed by atoms with Crippen molar-refractivity contribution in [3.8, 4) is 0 Å². The molecule has 0 radical (unpaired) electrons. The van der Waals surface area contributed by atoms with Gasteiger partial charge >= 0.3 is 6.18 Å². The van der Waals surface area contributed by atoms with Crippen LogP contribution in [0.15, 0.2) is 48.5 Å². The highest BCUT2D eigenvalue weighted by Gasteiger charge is 2.49. The van der Waals surface area contributed by atoms with E-state index in [1.54, 1.807) is 13.0 Å². The van der Waals surface area contributed by atoms with Crippen LogP contribution in [0.4, 0.5) is 23.2 Å². The van der Waals surface area contributed by atoms with Crippen LogP contribution in [-0.2, 0) is 11.0 Å². The van der Waals surface area contributed by atoms with E-state index in [9.17, 15) is 22.4 Å². The predicted octanol–water partition coefficient (Wildman–Crippen LogP) is 5.00. The average molecular weight is 351 g/mol. The monoisotopic (exact) mass is 351 g/mol. The number of hydrogen-bond donors (Lipinski definition) is 0. The number of amides is 1. The van der Waals surface area contributed by atoms with E-state index >= 15 is 0 Å². The average Bonchev–Trinajstić information content (AvgIpc) is 3.37. The molecular formula is C19H17F4NO. The van der Waals surface area contributed by atoms with Crippen molar-refractivity contribution in [3.63, 3.8) is 0 Å². The molecule has 1 aliphatic carbocycles. The van der Waals surface area contributed by atoms with Crippen LogP contribution in [0.1, 0.15) is 30.4 Å². The molecule has 0 saturated heterocycles. The third kappa shape index (κ3) is 3.52. The van der Waals surface area contributed by atoms with Gasteiger partial charge in [-0.25, -0.2) is 4.39 Å². The Morgan fingerprint density at radius 1 is 1.12 bits per heavy atom. The number of carbonyl (C=O) groups is 1. The maximum Gasteiger partial charge on any atom is 0.416 e. The molecule has 1 fully saturated rings. The Bertz CT molecular complexity index is 770. The summed E-state index contributed by atoms with van der Waals surface area (Å²) in [4.78, 5) is 14.2. The lowest BCUT2D eigenvalue weighted by molar-refractivity contribution is -0.138. The fourth-order valence-electron chi connectivity index (χ4n) is 3.18. The minimum absolute atomic E-state index is 0.170. The van der Waals surface area contributed by atoms with E-state index in [1.807, 2.05) is 0 Å². The summed E-state index contributed by atoms with van der Waals surface area (Å²) in [5, 5.41) is 0. The SMILES string of the molecule is CCN(C(=O)C1CC1c1ccccc1C(F)(F)F)c1ccc(F)cc1. The van der Waals surface area contributed by atoms with Gasteiger partial charge in [-0.05, 0) is 55.2 Å². The number of benzene rings is 2. The lowest BCUT2D eigenvalue weighted by Crippen LogP contribution is -2.32. The molecule has 0 bridgehead atoms. The molecule has 2 nitrogen and oxygen atoms in total. The van der Waals surface area contributed by atoms with Crippen molar-refractivity contribution in [2.24, 2.45) is 5.92 Å². The zero-order valence-electron chi connectivity index (χ0n) is 13.6. The van der Waals surface area contributed by atoms with E-state index in [4.69, 9.17) is 0 Å². The number of hydrogen-bond acceptors (Lipinski definition) is 1. The molecule has 6 heteroatoms. The van der Waals surface area contributed by atoms with Crippen LogP contribution in [0.25, 0.3) is 0 Å². The van der Waals surface area contributed by atoms with Gasteiger partial charge in [-0.3, -0.25) is 4.79 Å². The highest BCUT2D eigenvalue weighted by molar-refractivity contribution is 5.97. The first-order valence-electron chi connectivity index (χ1n) is 8.06. The van der Waals surface area contributed by atoms with Gasteiger partial charge in [0.25, 0.3) is 0 Å². The van der Waals surface area contributed by atoms with E-state index in [0.717, 1.165) is 6.07 Å². The topological polar surface area (TPSA) is 20.3 Å². The van der Waals surface area contributed by atoms with Gasteiger partial charge in [-0.1, -0.05) is 18.2 Å². The summed E-state index contributed by atoms with van der Waals surface area (Å²) >= 11 is 0. The lowest BCUT2D eigenvalue weighted by atomic mass is 10.0. The van der Waals surface area contributed by atoms with E-state index in [0.29, 0.717) is 18.7 Å². The van der Waals surface area contributed by atoms with E-state index in [2.05, 4.69) is 0 Å². The Morgan fingerprint density at radius 2 is 1.76 bits per heavy atom. The van der Waals surface area contributed by atoms with Crippen LogP contribution < -0.4 is 4.90 Å². The van der Waals surface area contributed by atoms with Crippen molar-refractivity contribution >= 4 is 11.6 Å². The Balaban J connectivity index is 1.81. The molecule has 1 amide bonds. The highest BCUT2D eigenvalue weighted by atomic mass is 19.4. The van der Waals surface area contributed by atoms with Crippen LogP contribution in [0.3, 0.4) is 0 Å². The van der Waals surface area contributed by atoms with Gasteiger partial charge in [0.15, 0.2) is 0 Å². The van der Waals surface area contributed by atoms with Crippen molar-refractivity contribution in [3.05, 3.63) is 65.5 Å². The van der Waals surface area contributed by atoms with Gasteiger partial charge in [0, 0.05) is 18.2 Å². The number of anilines is 1. The quantitative estimate of drug-likeness (QED) is 0.710. The molecule has 0 heterocycles. The van der Waals surface area contributed by atoms with E-state index < -0.39 is 29.4 Å². The Hall–Kier alpha value is -2.37. The second-order valence-electron chi connectivity index (χ2n) is 6.09. The lowest BCUT2D eigenvalue weighted by Gasteiger charge is -2.21. The standard InChI is InChI=1S/C19H17F4NO/c1-2-24(13-9-7-12(20)8-10-13)18(25)16-11-15(16)14-5-3-4-6-17(14)19(21,22)23/h3-10,15-16H,2,11H2,1H3. The molecule has 0 N–H and O–H groups in total. The zero-order valence-corrected chi connectivity index (χ0v) is 13.6. The van der Waals surface area contributed by atoms with Crippen LogP contribution in [0.2, 0.25) is 0 Å². The number of carbonyl (C=O) groups excluding carboxylic acids is 1. The van der Waals surface area contributed by atoms with Gasteiger partial charge in [-0.2, -0.15) is 13.2 Å². The Labute approximate surface area is 143 Å². The first kappa shape index (κ1) is 17.5. The molecule has 1 saturated carbocycles. The van der Waals surface area contributed by atoms with Crippen molar-refractivity contribution in [1.82, 2.24) is 0 Å². The summed E-state index contributed by atoms with van der Waals surface area (Å²) in [5.74, 6) is -1.54. The van der Waals surface area contributed by atoms with Gasteiger partial charge < -0.3 is 4.90 Å². The van der Waals surface area contributed by atoms with Crippen molar-refractivity contribution in [2.75, 3.05) is 11.4 Å². The first-order valence-corrected chi connectivity index (χ1v) is 8.06. The maximum atomic E-state index is 13.2. The third-order valence-corrected chi connectivity index (χ3v) is 4.49. The fourth-order valence-corrected chi connectivity index (χ4v) is 3.18. The first-order chi connectivity index (χ1) is 11.8. The summed E-state index contributed by atoms with van der Waals surface area (Å²) in [6.07, 6.45) is -4.04. The third-order valence-electron chi connectivity index (χ3n) is 4.49. The smallest absolute Gasteiger partial charge is 0.312 e. The largest absolute Gasteiger partial charge is 0.416 e. The molecule has 3 rings (SSSR count). The minimum atomic E-state index is -4.44. The molecule has 0 spiro atoms. The molecule has 0 aromatic heterocycles.